The molecule has 1 saturated heterocycles. The standard InChI is InChI=1S/C18H21N3O3/c1-13-7-8-19-17(16(13)18(23)24-2)21-11-9-20(10-12-21)14-5-3-4-6-15(14)22/h3-8,22H,9-12H2,1-2H3. The van der Waals surface area contributed by atoms with Crippen LogP contribution in [0.4, 0.5) is 11.5 Å². The van der Waals surface area contributed by atoms with Gasteiger partial charge in [-0.05, 0) is 30.7 Å². The van der Waals surface area contributed by atoms with Crippen molar-refractivity contribution in [3.05, 3.63) is 47.7 Å². The molecule has 1 aliphatic rings. The van der Waals surface area contributed by atoms with Crippen molar-refractivity contribution in [1.82, 2.24) is 4.98 Å². The second-order valence-electron chi connectivity index (χ2n) is 5.78. The zero-order valence-corrected chi connectivity index (χ0v) is 13.9. The zero-order chi connectivity index (χ0) is 17.1. The first kappa shape index (κ1) is 16.1. The quantitative estimate of drug-likeness (QED) is 0.872. The van der Waals surface area contributed by atoms with Crippen LogP contribution in [0.1, 0.15) is 15.9 Å². The van der Waals surface area contributed by atoms with Gasteiger partial charge < -0.3 is 19.6 Å². The van der Waals surface area contributed by atoms with Gasteiger partial charge >= 0.3 is 5.97 Å². The predicted octanol–water partition coefficient (Wildman–Crippen LogP) is 2.21. The van der Waals surface area contributed by atoms with E-state index in [0.29, 0.717) is 11.4 Å². The van der Waals surface area contributed by atoms with E-state index in [-0.39, 0.29) is 11.7 Å². The molecule has 126 valence electrons. The van der Waals surface area contributed by atoms with Crippen LogP contribution in [0.25, 0.3) is 0 Å². The molecule has 1 aromatic carbocycles. The van der Waals surface area contributed by atoms with Gasteiger partial charge in [0, 0.05) is 32.4 Å². The maximum absolute atomic E-state index is 12.1. The van der Waals surface area contributed by atoms with Crippen LogP contribution >= 0.6 is 0 Å². The summed E-state index contributed by atoms with van der Waals surface area (Å²) in [5.74, 6) is 0.590. The minimum absolute atomic E-state index is 0.287. The highest BCUT2D eigenvalue weighted by Gasteiger charge is 2.25. The largest absolute Gasteiger partial charge is 0.506 e. The summed E-state index contributed by atoms with van der Waals surface area (Å²) in [6.45, 7) is 4.81. The number of esters is 1. The number of carbonyl (C=O) groups excluding carboxylic acids is 1. The summed E-state index contributed by atoms with van der Waals surface area (Å²) in [4.78, 5) is 20.7. The van der Waals surface area contributed by atoms with E-state index < -0.39 is 0 Å². The van der Waals surface area contributed by atoms with Crippen molar-refractivity contribution in [2.24, 2.45) is 0 Å². The first-order valence-electron chi connectivity index (χ1n) is 7.93. The molecular formula is C18H21N3O3. The van der Waals surface area contributed by atoms with Crippen molar-refractivity contribution in [1.29, 1.82) is 0 Å². The number of carbonyl (C=O) groups is 1. The highest BCUT2D eigenvalue weighted by Crippen LogP contribution is 2.29. The molecule has 6 nitrogen and oxygen atoms in total. The Kier molecular flexibility index (Phi) is 4.55. The number of nitrogens with zero attached hydrogens (tertiary/aromatic N) is 3. The Bertz CT molecular complexity index is 740. The molecule has 0 unspecified atom stereocenters. The summed E-state index contributed by atoms with van der Waals surface area (Å²) >= 11 is 0. The Morgan fingerprint density at radius 3 is 2.46 bits per heavy atom. The molecule has 2 aromatic rings. The van der Waals surface area contributed by atoms with Gasteiger partial charge in [0.05, 0.1) is 12.8 Å². The molecule has 0 aliphatic carbocycles. The van der Waals surface area contributed by atoms with Crippen LogP contribution in [0.15, 0.2) is 36.5 Å². The fraction of sp³-hybridized carbons (Fsp3) is 0.333. The smallest absolute Gasteiger partial charge is 0.341 e. The molecule has 0 saturated carbocycles. The highest BCUT2D eigenvalue weighted by molar-refractivity contribution is 5.96. The van der Waals surface area contributed by atoms with Gasteiger partial charge in [0.25, 0.3) is 0 Å². The number of benzene rings is 1. The van der Waals surface area contributed by atoms with Crippen molar-refractivity contribution in [2.75, 3.05) is 43.1 Å². The Morgan fingerprint density at radius 2 is 1.79 bits per heavy atom. The highest BCUT2D eigenvalue weighted by atomic mass is 16.5. The van der Waals surface area contributed by atoms with Crippen molar-refractivity contribution in [2.45, 2.75) is 6.92 Å². The van der Waals surface area contributed by atoms with Gasteiger partial charge in [-0.3, -0.25) is 0 Å². The molecule has 0 spiro atoms. The lowest BCUT2D eigenvalue weighted by atomic mass is 10.1. The van der Waals surface area contributed by atoms with Gasteiger partial charge in [0.1, 0.15) is 17.1 Å². The lowest BCUT2D eigenvalue weighted by molar-refractivity contribution is 0.0600. The number of rotatable bonds is 3. The average Bonchev–Trinajstić information content (AvgIpc) is 2.61. The Balaban J connectivity index is 1.80. The van der Waals surface area contributed by atoms with E-state index in [1.807, 2.05) is 31.2 Å². The van der Waals surface area contributed by atoms with Crippen LogP contribution in [0.3, 0.4) is 0 Å². The molecule has 3 rings (SSSR count). The van der Waals surface area contributed by atoms with Crippen LogP contribution in [0, 0.1) is 6.92 Å². The van der Waals surface area contributed by atoms with E-state index >= 15 is 0 Å². The van der Waals surface area contributed by atoms with Crippen molar-refractivity contribution in [3.63, 3.8) is 0 Å². The molecule has 1 N–H and O–H groups in total. The van der Waals surface area contributed by atoms with Crippen LogP contribution < -0.4 is 9.80 Å². The maximum atomic E-state index is 12.1. The van der Waals surface area contributed by atoms with Crippen molar-refractivity contribution >= 4 is 17.5 Å². The van der Waals surface area contributed by atoms with Crippen LogP contribution in [0.2, 0.25) is 0 Å². The summed E-state index contributed by atoms with van der Waals surface area (Å²) in [6, 6.07) is 9.15. The van der Waals surface area contributed by atoms with Crippen LogP contribution in [-0.4, -0.2) is 49.3 Å². The number of pyridine rings is 1. The van der Waals surface area contributed by atoms with Gasteiger partial charge in [-0.15, -0.1) is 0 Å². The summed E-state index contributed by atoms with van der Waals surface area (Å²) < 4.78 is 4.91. The molecule has 1 aliphatic heterocycles. The molecule has 2 heterocycles. The Hall–Kier alpha value is -2.76. The third-order valence-electron chi connectivity index (χ3n) is 4.33. The van der Waals surface area contributed by atoms with Gasteiger partial charge in [-0.25, -0.2) is 9.78 Å². The van der Waals surface area contributed by atoms with Crippen LogP contribution in [0.5, 0.6) is 5.75 Å². The fourth-order valence-electron chi connectivity index (χ4n) is 3.03. The van der Waals surface area contributed by atoms with E-state index in [1.54, 1.807) is 12.3 Å². The molecule has 0 amide bonds. The Morgan fingerprint density at radius 1 is 1.12 bits per heavy atom. The second-order valence-corrected chi connectivity index (χ2v) is 5.78. The molecule has 1 aromatic heterocycles. The molecule has 24 heavy (non-hydrogen) atoms. The monoisotopic (exact) mass is 327 g/mol. The Labute approximate surface area is 141 Å². The summed E-state index contributed by atoms with van der Waals surface area (Å²) in [6.07, 6.45) is 1.71. The van der Waals surface area contributed by atoms with Gasteiger partial charge in [-0.2, -0.15) is 0 Å². The molecule has 1 fully saturated rings. The molecule has 0 atom stereocenters. The summed E-state index contributed by atoms with van der Waals surface area (Å²) in [7, 11) is 1.38. The topological polar surface area (TPSA) is 65.9 Å². The number of methoxy groups -OCH3 is 1. The lowest BCUT2D eigenvalue weighted by Gasteiger charge is -2.37. The van der Waals surface area contributed by atoms with E-state index in [0.717, 1.165) is 37.4 Å². The average molecular weight is 327 g/mol. The number of piperazine rings is 1. The van der Waals surface area contributed by atoms with Crippen LogP contribution in [-0.2, 0) is 4.74 Å². The van der Waals surface area contributed by atoms with Gasteiger partial charge in [-0.1, -0.05) is 12.1 Å². The molecular weight excluding hydrogens is 306 g/mol. The van der Waals surface area contributed by atoms with Gasteiger partial charge in [0.2, 0.25) is 0 Å². The minimum atomic E-state index is -0.362. The number of hydrogen-bond donors (Lipinski definition) is 1. The summed E-state index contributed by atoms with van der Waals surface area (Å²) in [5, 5.41) is 10.0. The van der Waals surface area contributed by atoms with Crippen molar-refractivity contribution in [3.8, 4) is 5.75 Å². The van der Waals surface area contributed by atoms with E-state index in [9.17, 15) is 9.90 Å². The number of anilines is 2. The van der Waals surface area contributed by atoms with E-state index in [1.165, 1.54) is 7.11 Å². The van der Waals surface area contributed by atoms with Crippen molar-refractivity contribution < 1.29 is 14.6 Å². The lowest BCUT2D eigenvalue weighted by Crippen LogP contribution is -2.47. The van der Waals surface area contributed by atoms with Gasteiger partial charge in [0.15, 0.2) is 0 Å². The predicted molar refractivity (Wildman–Crippen MR) is 92.8 cm³/mol. The molecule has 0 bridgehead atoms. The van der Waals surface area contributed by atoms with E-state index in [4.69, 9.17) is 4.74 Å². The number of ether oxygens (including phenoxy) is 1. The fourth-order valence-corrected chi connectivity index (χ4v) is 3.03. The first-order valence-corrected chi connectivity index (χ1v) is 7.93. The number of para-hydroxylation sites is 2. The number of aromatic hydroxyl groups is 1. The second kappa shape index (κ2) is 6.78. The number of phenolic OH excluding ortho intramolecular Hbond substituents is 1. The molecule has 6 heteroatoms. The third kappa shape index (κ3) is 2.99. The first-order chi connectivity index (χ1) is 11.6. The number of hydrogen-bond acceptors (Lipinski definition) is 6. The molecule has 0 radical (unpaired) electrons. The third-order valence-corrected chi connectivity index (χ3v) is 4.33. The SMILES string of the molecule is COC(=O)c1c(C)ccnc1N1CCN(c2ccccc2O)CC1. The zero-order valence-electron chi connectivity index (χ0n) is 13.9. The summed E-state index contributed by atoms with van der Waals surface area (Å²) in [5.41, 5.74) is 2.22. The maximum Gasteiger partial charge on any atom is 0.341 e. The normalized spacial score (nSPS) is 14.6. The minimum Gasteiger partial charge on any atom is -0.506 e. The van der Waals surface area contributed by atoms with E-state index in [2.05, 4.69) is 14.8 Å². The number of aryl methyl sites for hydroxylation is 1. The number of phenols is 1. The number of aromatic nitrogens is 1.